The molecule has 4 N–H and O–H groups in total. The van der Waals surface area contributed by atoms with Crippen LogP contribution in [0.5, 0.6) is 0 Å². The number of amides is 2. The number of rotatable bonds is 7. The van der Waals surface area contributed by atoms with Gasteiger partial charge in [0, 0.05) is 25.1 Å². The SMILES string of the molecule is C[C@H]1CC[C@H](NC(=O)c2cc([N+](=O)[O-])c(NCCC(N)=O)cc2Cl)CC1. The number of anilines is 1. The number of carbonyl (C=O) groups is 2. The van der Waals surface area contributed by atoms with Gasteiger partial charge in [-0.1, -0.05) is 18.5 Å². The molecule has 2 rings (SSSR count). The van der Waals surface area contributed by atoms with Gasteiger partial charge >= 0.3 is 0 Å². The average Bonchev–Trinajstić information content (AvgIpc) is 2.56. The summed E-state index contributed by atoms with van der Waals surface area (Å²) >= 11 is 6.17. The molecule has 0 radical (unpaired) electrons. The van der Waals surface area contributed by atoms with Crippen molar-refractivity contribution in [2.75, 3.05) is 11.9 Å². The fourth-order valence-electron chi connectivity index (χ4n) is 3.02. The first-order valence-corrected chi connectivity index (χ1v) is 8.96. The fraction of sp³-hybridized carbons (Fsp3) is 0.529. The highest BCUT2D eigenvalue weighted by Crippen LogP contribution is 2.32. The molecule has 142 valence electrons. The summed E-state index contributed by atoms with van der Waals surface area (Å²) in [4.78, 5) is 34.0. The van der Waals surface area contributed by atoms with Gasteiger partial charge in [-0.3, -0.25) is 19.7 Å². The first-order valence-electron chi connectivity index (χ1n) is 8.59. The summed E-state index contributed by atoms with van der Waals surface area (Å²) in [5.41, 5.74) is 4.99. The van der Waals surface area contributed by atoms with Crippen molar-refractivity contribution < 1.29 is 14.5 Å². The summed E-state index contributed by atoms with van der Waals surface area (Å²) in [6, 6.07) is 2.55. The number of nitrogens with zero attached hydrogens (tertiary/aromatic N) is 1. The smallest absolute Gasteiger partial charge is 0.293 e. The first kappa shape index (κ1) is 20.0. The monoisotopic (exact) mass is 382 g/mol. The lowest BCUT2D eigenvalue weighted by molar-refractivity contribution is -0.384. The average molecular weight is 383 g/mol. The summed E-state index contributed by atoms with van der Waals surface area (Å²) in [7, 11) is 0. The molecule has 0 aromatic heterocycles. The van der Waals surface area contributed by atoms with E-state index in [0.29, 0.717) is 5.92 Å². The van der Waals surface area contributed by atoms with Gasteiger partial charge in [0.1, 0.15) is 5.69 Å². The van der Waals surface area contributed by atoms with E-state index in [0.717, 1.165) is 31.7 Å². The third kappa shape index (κ3) is 5.32. The number of halogens is 1. The van der Waals surface area contributed by atoms with E-state index in [4.69, 9.17) is 17.3 Å². The number of benzene rings is 1. The lowest BCUT2D eigenvalue weighted by Gasteiger charge is -2.27. The van der Waals surface area contributed by atoms with Crippen molar-refractivity contribution in [3.05, 3.63) is 32.8 Å². The number of primary amides is 1. The highest BCUT2D eigenvalue weighted by molar-refractivity contribution is 6.34. The predicted molar refractivity (Wildman–Crippen MR) is 99.3 cm³/mol. The molecular weight excluding hydrogens is 360 g/mol. The van der Waals surface area contributed by atoms with E-state index in [9.17, 15) is 19.7 Å². The Kier molecular flexibility index (Phi) is 6.79. The lowest BCUT2D eigenvalue weighted by atomic mass is 9.87. The van der Waals surface area contributed by atoms with Gasteiger partial charge in [0.25, 0.3) is 11.6 Å². The van der Waals surface area contributed by atoms with Crippen molar-refractivity contribution in [2.24, 2.45) is 11.7 Å². The molecule has 1 aliphatic rings. The van der Waals surface area contributed by atoms with Crippen LogP contribution in [0.4, 0.5) is 11.4 Å². The normalized spacial score (nSPS) is 19.6. The van der Waals surface area contributed by atoms with E-state index >= 15 is 0 Å². The minimum absolute atomic E-state index is 0.0249. The van der Waals surface area contributed by atoms with Crippen molar-refractivity contribution in [1.29, 1.82) is 0 Å². The molecule has 1 aliphatic carbocycles. The topological polar surface area (TPSA) is 127 Å². The van der Waals surface area contributed by atoms with E-state index in [1.54, 1.807) is 0 Å². The second-order valence-electron chi connectivity index (χ2n) is 6.68. The highest BCUT2D eigenvalue weighted by atomic mass is 35.5. The summed E-state index contributed by atoms with van der Waals surface area (Å²) in [6.07, 6.45) is 3.89. The molecule has 0 atom stereocenters. The van der Waals surface area contributed by atoms with Crippen molar-refractivity contribution in [3.8, 4) is 0 Å². The van der Waals surface area contributed by atoms with Gasteiger partial charge in [-0.2, -0.15) is 0 Å². The molecule has 0 bridgehead atoms. The molecule has 0 saturated heterocycles. The van der Waals surface area contributed by atoms with Gasteiger partial charge in [-0.05, 0) is 37.7 Å². The van der Waals surface area contributed by atoms with Crippen molar-refractivity contribution >= 4 is 34.8 Å². The molecule has 26 heavy (non-hydrogen) atoms. The summed E-state index contributed by atoms with van der Waals surface area (Å²) in [5, 5.41) is 17.1. The van der Waals surface area contributed by atoms with Crippen LogP contribution in [0.2, 0.25) is 5.02 Å². The minimum Gasteiger partial charge on any atom is -0.379 e. The van der Waals surface area contributed by atoms with Crippen LogP contribution in [0.1, 0.15) is 49.4 Å². The lowest BCUT2D eigenvalue weighted by Crippen LogP contribution is -2.37. The zero-order valence-electron chi connectivity index (χ0n) is 14.6. The molecule has 0 heterocycles. The highest BCUT2D eigenvalue weighted by Gasteiger charge is 2.24. The zero-order valence-corrected chi connectivity index (χ0v) is 15.3. The molecule has 2 amide bonds. The Morgan fingerprint density at radius 1 is 1.31 bits per heavy atom. The molecule has 1 saturated carbocycles. The standard InChI is InChI=1S/C17H23ClN4O4/c1-10-2-4-11(5-3-10)21-17(24)12-8-15(22(25)26)14(9-13(12)18)20-7-6-16(19)23/h8-11,20H,2-7H2,1H3,(H2,19,23)(H,21,24)/t10-,11-. The number of nitro groups is 1. The van der Waals surface area contributed by atoms with Crippen LogP contribution in [0.3, 0.4) is 0 Å². The van der Waals surface area contributed by atoms with Gasteiger partial charge in [-0.25, -0.2) is 0 Å². The molecule has 1 aromatic rings. The quantitative estimate of drug-likeness (QED) is 0.493. The third-order valence-corrected chi connectivity index (χ3v) is 4.88. The van der Waals surface area contributed by atoms with Crippen LogP contribution in [-0.4, -0.2) is 29.3 Å². The minimum atomic E-state index is -0.595. The van der Waals surface area contributed by atoms with Crippen LogP contribution in [-0.2, 0) is 4.79 Å². The van der Waals surface area contributed by atoms with Gasteiger partial charge in [0.05, 0.1) is 15.5 Å². The number of carbonyl (C=O) groups excluding carboxylic acids is 2. The Labute approximate surface area is 156 Å². The second kappa shape index (κ2) is 8.84. The van der Waals surface area contributed by atoms with Crippen LogP contribution >= 0.6 is 11.6 Å². The van der Waals surface area contributed by atoms with Crippen molar-refractivity contribution in [3.63, 3.8) is 0 Å². The molecule has 0 unspecified atom stereocenters. The van der Waals surface area contributed by atoms with Crippen LogP contribution in [0.15, 0.2) is 12.1 Å². The van der Waals surface area contributed by atoms with Gasteiger partial charge < -0.3 is 16.4 Å². The van der Waals surface area contributed by atoms with E-state index in [1.165, 1.54) is 6.07 Å². The second-order valence-corrected chi connectivity index (χ2v) is 7.09. The van der Waals surface area contributed by atoms with Gasteiger partial charge in [0.15, 0.2) is 0 Å². The maximum Gasteiger partial charge on any atom is 0.293 e. The van der Waals surface area contributed by atoms with E-state index < -0.39 is 16.7 Å². The van der Waals surface area contributed by atoms with Crippen molar-refractivity contribution in [1.82, 2.24) is 5.32 Å². The van der Waals surface area contributed by atoms with Crippen LogP contribution < -0.4 is 16.4 Å². The third-order valence-electron chi connectivity index (χ3n) is 4.56. The predicted octanol–water partition coefficient (Wildman–Crippen LogP) is 2.84. The maximum atomic E-state index is 12.5. The summed E-state index contributed by atoms with van der Waals surface area (Å²) in [5.74, 6) is -0.288. The Bertz CT molecular complexity index is 702. The Hall–Kier alpha value is -2.35. The van der Waals surface area contributed by atoms with Crippen molar-refractivity contribution in [2.45, 2.75) is 45.1 Å². The number of hydrogen-bond acceptors (Lipinski definition) is 5. The zero-order chi connectivity index (χ0) is 19.3. The Morgan fingerprint density at radius 3 is 2.54 bits per heavy atom. The number of nitrogens with one attached hydrogen (secondary N) is 2. The maximum absolute atomic E-state index is 12.5. The van der Waals surface area contributed by atoms with Crippen LogP contribution in [0.25, 0.3) is 0 Å². The molecule has 1 fully saturated rings. The largest absolute Gasteiger partial charge is 0.379 e. The molecule has 8 nitrogen and oxygen atoms in total. The fourth-order valence-corrected chi connectivity index (χ4v) is 3.27. The number of nitrogens with two attached hydrogens (primary N) is 1. The van der Waals surface area contributed by atoms with Crippen LogP contribution in [0, 0.1) is 16.0 Å². The molecule has 9 heteroatoms. The molecule has 1 aromatic carbocycles. The summed E-state index contributed by atoms with van der Waals surface area (Å²) < 4.78 is 0. The first-order chi connectivity index (χ1) is 12.3. The van der Waals surface area contributed by atoms with E-state index in [-0.39, 0.29) is 41.0 Å². The molecule has 0 aliphatic heterocycles. The Balaban J connectivity index is 2.15. The van der Waals surface area contributed by atoms with Gasteiger partial charge in [0.2, 0.25) is 5.91 Å². The number of nitro benzene ring substituents is 1. The van der Waals surface area contributed by atoms with Gasteiger partial charge in [-0.15, -0.1) is 0 Å². The molecule has 0 spiro atoms. The summed E-state index contributed by atoms with van der Waals surface area (Å²) in [6.45, 7) is 2.32. The number of hydrogen-bond donors (Lipinski definition) is 3. The Morgan fingerprint density at radius 2 is 1.96 bits per heavy atom. The van der Waals surface area contributed by atoms with E-state index in [1.807, 2.05) is 0 Å². The molecular formula is C17H23ClN4O4. The van der Waals surface area contributed by atoms with E-state index in [2.05, 4.69) is 17.6 Å².